The minimum Gasteiger partial charge on any atom is -0.310 e. The van der Waals surface area contributed by atoms with Gasteiger partial charge in [-0.05, 0) is 43.1 Å². The molecule has 1 aromatic rings. The Labute approximate surface area is 110 Å². The minimum atomic E-state index is 0. The van der Waals surface area contributed by atoms with Crippen LogP contribution in [0.25, 0.3) is 0 Å². The van der Waals surface area contributed by atoms with Gasteiger partial charge in [0.2, 0.25) is 0 Å². The normalized spacial score (nSPS) is 20.8. The van der Waals surface area contributed by atoms with E-state index in [2.05, 4.69) is 27.3 Å². The van der Waals surface area contributed by atoms with Crippen LogP contribution in [-0.2, 0) is 0 Å². The standard InChI is InChI=1S/C11H13BrClN.ClH/c12-8-4-5-10(13)9(7-8)11-3-1-2-6-14-11;/h4-5,7,11,14H,1-3,6H2;1H/t11-;/m1./s1. The van der Waals surface area contributed by atoms with Gasteiger partial charge in [-0.15, -0.1) is 12.4 Å². The summed E-state index contributed by atoms with van der Waals surface area (Å²) in [6.07, 6.45) is 3.76. The molecule has 0 aromatic heterocycles. The van der Waals surface area contributed by atoms with E-state index in [1.165, 1.54) is 24.8 Å². The van der Waals surface area contributed by atoms with Crippen molar-refractivity contribution in [2.24, 2.45) is 0 Å². The quantitative estimate of drug-likeness (QED) is 0.813. The van der Waals surface area contributed by atoms with Gasteiger partial charge in [-0.1, -0.05) is 34.0 Å². The molecule has 1 aliphatic rings. The molecule has 1 aromatic carbocycles. The topological polar surface area (TPSA) is 12.0 Å². The third-order valence-corrected chi connectivity index (χ3v) is 3.48. The van der Waals surface area contributed by atoms with Gasteiger partial charge < -0.3 is 5.32 Å². The van der Waals surface area contributed by atoms with Gasteiger partial charge in [-0.3, -0.25) is 0 Å². The monoisotopic (exact) mass is 309 g/mol. The van der Waals surface area contributed by atoms with Gasteiger partial charge in [-0.2, -0.15) is 0 Å². The molecule has 1 atom stereocenters. The van der Waals surface area contributed by atoms with Crippen molar-refractivity contribution in [2.75, 3.05) is 6.54 Å². The highest BCUT2D eigenvalue weighted by Crippen LogP contribution is 2.30. The van der Waals surface area contributed by atoms with Gasteiger partial charge >= 0.3 is 0 Å². The van der Waals surface area contributed by atoms with E-state index in [0.29, 0.717) is 6.04 Å². The second-order valence-corrected chi connectivity index (χ2v) is 4.99. The fourth-order valence-corrected chi connectivity index (χ4v) is 2.53. The maximum Gasteiger partial charge on any atom is 0.0454 e. The maximum atomic E-state index is 6.17. The van der Waals surface area contributed by atoms with Gasteiger partial charge in [0.1, 0.15) is 0 Å². The molecule has 1 N–H and O–H groups in total. The second kappa shape index (κ2) is 6.09. The van der Waals surface area contributed by atoms with Gasteiger partial charge in [0.25, 0.3) is 0 Å². The Morgan fingerprint density at radius 2 is 2.13 bits per heavy atom. The van der Waals surface area contributed by atoms with E-state index in [9.17, 15) is 0 Å². The van der Waals surface area contributed by atoms with Crippen molar-refractivity contribution in [3.05, 3.63) is 33.3 Å². The number of benzene rings is 1. The van der Waals surface area contributed by atoms with Crippen molar-refractivity contribution < 1.29 is 0 Å². The molecule has 1 nitrogen and oxygen atoms in total. The van der Waals surface area contributed by atoms with Crippen LogP contribution in [0.1, 0.15) is 30.9 Å². The minimum absolute atomic E-state index is 0. The van der Waals surface area contributed by atoms with Crippen LogP contribution in [0.15, 0.2) is 22.7 Å². The summed E-state index contributed by atoms with van der Waals surface area (Å²) in [5, 5.41) is 4.37. The molecular weight excluding hydrogens is 297 g/mol. The molecule has 84 valence electrons. The predicted octanol–water partition coefficient (Wildman–Crippen LogP) is 4.34. The first kappa shape index (κ1) is 13.3. The molecule has 0 unspecified atom stereocenters. The highest BCUT2D eigenvalue weighted by atomic mass is 79.9. The molecule has 1 fully saturated rings. The summed E-state index contributed by atoms with van der Waals surface area (Å²) in [5.41, 5.74) is 1.22. The molecule has 0 spiro atoms. The summed E-state index contributed by atoms with van der Waals surface area (Å²) in [5.74, 6) is 0. The van der Waals surface area contributed by atoms with Crippen LogP contribution in [0, 0.1) is 0 Å². The van der Waals surface area contributed by atoms with Crippen LogP contribution in [0.5, 0.6) is 0 Å². The lowest BCUT2D eigenvalue weighted by Crippen LogP contribution is -2.26. The number of piperidine rings is 1. The lowest BCUT2D eigenvalue weighted by molar-refractivity contribution is 0.412. The molecule has 0 radical (unpaired) electrons. The number of rotatable bonds is 1. The van der Waals surface area contributed by atoms with Crippen molar-refractivity contribution in [3.63, 3.8) is 0 Å². The van der Waals surface area contributed by atoms with Crippen LogP contribution in [-0.4, -0.2) is 6.54 Å². The zero-order valence-electron chi connectivity index (χ0n) is 8.30. The first-order chi connectivity index (χ1) is 6.77. The van der Waals surface area contributed by atoms with E-state index in [4.69, 9.17) is 11.6 Å². The number of nitrogens with one attached hydrogen (secondary N) is 1. The Morgan fingerprint density at radius 1 is 1.33 bits per heavy atom. The predicted molar refractivity (Wildman–Crippen MR) is 71.0 cm³/mol. The number of hydrogen-bond donors (Lipinski definition) is 1. The molecule has 1 saturated heterocycles. The fourth-order valence-electron chi connectivity index (χ4n) is 1.90. The van der Waals surface area contributed by atoms with E-state index in [1.54, 1.807) is 0 Å². The summed E-state index contributed by atoms with van der Waals surface area (Å²) < 4.78 is 1.10. The Bertz CT molecular complexity index is 324. The first-order valence-corrected chi connectivity index (χ1v) is 6.13. The number of halogens is 3. The summed E-state index contributed by atoms with van der Waals surface area (Å²) in [7, 11) is 0. The van der Waals surface area contributed by atoms with Crippen molar-refractivity contribution in [2.45, 2.75) is 25.3 Å². The van der Waals surface area contributed by atoms with Gasteiger partial charge in [0.05, 0.1) is 0 Å². The Balaban J connectivity index is 0.00000112. The molecule has 1 aliphatic heterocycles. The molecule has 15 heavy (non-hydrogen) atoms. The van der Waals surface area contributed by atoms with Crippen LogP contribution in [0.4, 0.5) is 0 Å². The van der Waals surface area contributed by atoms with Gasteiger partial charge in [0, 0.05) is 15.5 Å². The Hall–Kier alpha value is 0.240. The average Bonchev–Trinajstić information content (AvgIpc) is 2.23. The lowest BCUT2D eigenvalue weighted by Gasteiger charge is -2.24. The molecule has 2 rings (SSSR count). The summed E-state index contributed by atoms with van der Waals surface area (Å²) in [4.78, 5) is 0. The largest absolute Gasteiger partial charge is 0.310 e. The zero-order valence-corrected chi connectivity index (χ0v) is 11.5. The fraction of sp³-hybridized carbons (Fsp3) is 0.455. The highest BCUT2D eigenvalue weighted by molar-refractivity contribution is 9.10. The van der Waals surface area contributed by atoms with E-state index in [-0.39, 0.29) is 12.4 Å². The van der Waals surface area contributed by atoms with Crippen molar-refractivity contribution in [3.8, 4) is 0 Å². The molecule has 4 heteroatoms. The number of hydrogen-bond acceptors (Lipinski definition) is 1. The van der Waals surface area contributed by atoms with E-state index in [1.807, 2.05) is 12.1 Å². The van der Waals surface area contributed by atoms with Crippen molar-refractivity contribution in [1.82, 2.24) is 5.32 Å². The van der Waals surface area contributed by atoms with Crippen molar-refractivity contribution >= 4 is 39.9 Å². The molecule has 0 aliphatic carbocycles. The van der Waals surface area contributed by atoms with E-state index in [0.717, 1.165) is 16.0 Å². The van der Waals surface area contributed by atoms with E-state index < -0.39 is 0 Å². The second-order valence-electron chi connectivity index (χ2n) is 3.67. The Morgan fingerprint density at radius 3 is 2.80 bits per heavy atom. The third kappa shape index (κ3) is 3.35. The van der Waals surface area contributed by atoms with Crippen LogP contribution >= 0.6 is 39.9 Å². The zero-order chi connectivity index (χ0) is 9.97. The molecular formula is C11H14BrCl2N. The summed E-state index contributed by atoms with van der Waals surface area (Å²) >= 11 is 9.65. The molecule has 1 heterocycles. The molecule has 0 amide bonds. The average molecular weight is 311 g/mol. The van der Waals surface area contributed by atoms with Crippen LogP contribution in [0.3, 0.4) is 0 Å². The highest BCUT2D eigenvalue weighted by Gasteiger charge is 2.17. The Kier molecular flexibility index (Phi) is 5.41. The lowest BCUT2D eigenvalue weighted by atomic mass is 9.98. The SMILES string of the molecule is Cl.Clc1ccc(Br)cc1[C@H]1CCCCN1. The maximum absolute atomic E-state index is 6.17. The van der Waals surface area contributed by atoms with E-state index >= 15 is 0 Å². The van der Waals surface area contributed by atoms with Gasteiger partial charge in [-0.25, -0.2) is 0 Å². The molecule has 0 saturated carbocycles. The molecule has 0 bridgehead atoms. The van der Waals surface area contributed by atoms with Crippen LogP contribution in [0.2, 0.25) is 5.02 Å². The summed E-state index contributed by atoms with van der Waals surface area (Å²) in [6.45, 7) is 1.10. The van der Waals surface area contributed by atoms with Gasteiger partial charge in [0.15, 0.2) is 0 Å². The third-order valence-electron chi connectivity index (χ3n) is 2.64. The van der Waals surface area contributed by atoms with Crippen LogP contribution < -0.4 is 5.32 Å². The van der Waals surface area contributed by atoms with Crippen molar-refractivity contribution in [1.29, 1.82) is 0 Å². The first-order valence-electron chi connectivity index (χ1n) is 4.96. The smallest absolute Gasteiger partial charge is 0.0454 e. The summed E-state index contributed by atoms with van der Waals surface area (Å²) in [6, 6.07) is 6.49.